The Kier molecular flexibility index (Phi) is 3.55. The molecule has 6 heteroatoms. The Balaban J connectivity index is 1.56. The van der Waals surface area contributed by atoms with Crippen molar-refractivity contribution in [1.29, 1.82) is 5.26 Å². The van der Waals surface area contributed by atoms with Gasteiger partial charge in [0.25, 0.3) is 5.91 Å². The van der Waals surface area contributed by atoms with Gasteiger partial charge in [-0.05, 0) is 50.9 Å². The van der Waals surface area contributed by atoms with Crippen LogP contribution in [0.25, 0.3) is 10.1 Å². The van der Waals surface area contributed by atoms with Crippen LogP contribution in [0, 0.1) is 17.2 Å². The van der Waals surface area contributed by atoms with Crippen LogP contribution in [-0.2, 0) is 0 Å². The van der Waals surface area contributed by atoms with Crippen LogP contribution in [0.2, 0.25) is 0 Å². The van der Waals surface area contributed by atoms with Crippen molar-refractivity contribution in [3.8, 4) is 6.07 Å². The van der Waals surface area contributed by atoms with E-state index < -0.39 is 0 Å². The molecule has 23 heavy (non-hydrogen) atoms. The maximum absolute atomic E-state index is 12.6. The van der Waals surface area contributed by atoms with Crippen molar-refractivity contribution in [2.75, 3.05) is 13.1 Å². The number of piperidine rings is 3. The molecule has 0 aliphatic carbocycles. The molecule has 2 bridgehead atoms. The van der Waals surface area contributed by atoms with E-state index in [1.807, 2.05) is 6.07 Å². The number of rotatable bonds is 2. The number of nitriles is 1. The first-order chi connectivity index (χ1) is 11.2. The number of nitrogens with zero attached hydrogens (tertiary/aromatic N) is 3. The van der Waals surface area contributed by atoms with Crippen molar-refractivity contribution >= 4 is 27.3 Å². The van der Waals surface area contributed by atoms with E-state index in [9.17, 15) is 4.79 Å². The molecule has 118 valence electrons. The lowest BCUT2D eigenvalue weighted by molar-refractivity contribution is 0.0216. The van der Waals surface area contributed by atoms with Gasteiger partial charge in [0.05, 0.1) is 0 Å². The van der Waals surface area contributed by atoms with Gasteiger partial charge in [0, 0.05) is 28.4 Å². The fraction of sp³-hybridized carbons (Fsp3) is 0.471. The van der Waals surface area contributed by atoms with Crippen molar-refractivity contribution in [2.45, 2.75) is 31.8 Å². The number of pyridine rings is 1. The van der Waals surface area contributed by atoms with Crippen LogP contribution in [0.1, 0.15) is 35.1 Å². The normalized spacial score (nSPS) is 29.4. The molecule has 1 amide bonds. The third-order valence-electron chi connectivity index (χ3n) is 5.22. The zero-order valence-corrected chi connectivity index (χ0v) is 13.8. The summed E-state index contributed by atoms with van der Waals surface area (Å²) in [6.07, 6.45) is 4.01. The molecule has 2 aromatic heterocycles. The van der Waals surface area contributed by atoms with Gasteiger partial charge in [-0.15, -0.1) is 11.3 Å². The summed E-state index contributed by atoms with van der Waals surface area (Å²) in [4.78, 5) is 20.0. The van der Waals surface area contributed by atoms with Crippen LogP contribution in [0.5, 0.6) is 0 Å². The van der Waals surface area contributed by atoms with Crippen LogP contribution < -0.4 is 5.32 Å². The predicted octanol–water partition coefficient (Wildman–Crippen LogP) is 2.38. The molecule has 5 heterocycles. The van der Waals surface area contributed by atoms with E-state index >= 15 is 0 Å². The largest absolute Gasteiger partial charge is 0.346 e. The van der Waals surface area contributed by atoms with Gasteiger partial charge in [-0.25, -0.2) is 0 Å². The lowest BCUT2D eigenvalue weighted by Crippen LogP contribution is -2.62. The second kappa shape index (κ2) is 5.59. The number of hydrogen-bond acceptors (Lipinski definition) is 5. The van der Waals surface area contributed by atoms with Crippen LogP contribution in [0.15, 0.2) is 18.3 Å². The molecule has 5 rings (SSSR count). The van der Waals surface area contributed by atoms with Crippen molar-refractivity contribution in [1.82, 2.24) is 15.2 Å². The van der Waals surface area contributed by atoms with E-state index in [0.29, 0.717) is 22.5 Å². The number of carbonyl (C=O) groups excluding carboxylic acids is 1. The minimum atomic E-state index is -0.107. The monoisotopic (exact) mass is 326 g/mol. The molecule has 0 unspecified atom stereocenters. The van der Waals surface area contributed by atoms with Gasteiger partial charge in [0.15, 0.2) is 0 Å². The highest BCUT2D eigenvalue weighted by molar-refractivity contribution is 7.19. The standard InChI is InChI=1S/C17H18N4OS/c1-10-16(11-2-4-21(10)5-3-11)20-17(22)14-7-15-12(9-19-14)6-13(8-18)23-15/h6-7,9-11,16H,2-5H2,1H3,(H,20,22)/t10-,16-/m0/s1. The molecule has 5 nitrogen and oxygen atoms in total. The first-order valence-electron chi connectivity index (χ1n) is 8.00. The fourth-order valence-corrected chi connectivity index (χ4v) is 4.75. The summed E-state index contributed by atoms with van der Waals surface area (Å²) in [5.74, 6) is 0.471. The van der Waals surface area contributed by atoms with Gasteiger partial charge >= 0.3 is 0 Å². The van der Waals surface area contributed by atoms with E-state index in [1.54, 1.807) is 12.3 Å². The van der Waals surface area contributed by atoms with Crippen LogP contribution in [-0.4, -0.2) is 41.0 Å². The maximum Gasteiger partial charge on any atom is 0.270 e. The molecule has 2 aromatic rings. The number of aromatic nitrogens is 1. The highest BCUT2D eigenvalue weighted by Gasteiger charge is 2.40. The Morgan fingerprint density at radius 3 is 2.91 bits per heavy atom. The van der Waals surface area contributed by atoms with Gasteiger partial charge in [-0.2, -0.15) is 5.26 Å². The van der Waals surface area contributed by atoms with Crippen molar-refractivity contribution in [2.24, 2.45) is 5.92 Å². The minimum absolute atomic E-state index is 0.107. The van der Waals surface area contributed by atoms with Crippen molar-refractivity contribution in [3.63, 3.8) is 0 Å². The highest BCUT2D eigenvalue weighted by atomic mass is 32.1. The Labute approximate surface area is 138 Å². The molecule has 1 N–H and O–H groups in total. The van der Waals surface area contributed by atoms with E-state index in [-0.39, 0.29) is 11.9 Å². The first-order valence-corrected chi connectivity index (χ1v) is 8.82. The van der Waals surface area contributed by atoms with Gasteiger partial charge in [-0.3, -0.25) is 14.7 Å². The van der Waals surface area contributed by atoms with Gasteiger partial charge in [-0.1, -0.05) is 0 Å². The number of amides is 1. The van der Waals surface area contributed by atoms with E-state index in [1.165, 1.54) is 11.3 Å². The van der Waals surface area contributed by atoms with Crippen LogP contribution in [0.3, 0.4) is 0 Å². The minimum Gasteiger partial charge on any atom is -0.346 e. The maximum atomic E-state index is 12.6. The summed E-state index contributed by atoms with van der Waals surface area (Å²) < 4.78 is 0.934. The molecule has 0 radical (unpaired) electrons. The Morgan fingerprint density at radius 1 is 1.43 bits per heavy atom. The SMILES string of the molecule is C[C@H]1[C@H](NC(=O)c2cc3sc(C#N)cc3cn2)C2CCN1CC2. The predicted molar refractivity (Wildman–Crippen MR) is 89.3 cm³/mol. The van der Waals surface area contributed by atoms with Gasteiger partial charge in [0.2, 0.25) is 0 Å². The Morgan fingerprint density at radius 2 is 2.22 bits per heavy atom. The molecule has 3 aliphatic rings. The third-order valence-corrected chi connectivity index (χ3v) is 6.22. The summed E-state index contributed by atoms with van der Waals surface area (Å²) in [7, 11) is 0. The van der Waals surface area contributed by atoms with Gasteiger partial charge in [0.1, 0.15) is 16.6 Å². The number of carbonyl (C=O) groups is 1. The zero-order chi connectivity index (χ0) is 16.0. The van der Waals surface area contributed by atoms with Crippen LogP contribution >= 0.6 is 11.3 Å². The summed E-state index contributed by atoms with van der Waals surface area (Å²) in [6.45, 7) is 4.49. The first kappa shape index (κ1) is 14.6. The molecule has 3 saturated heterocycles. The third kappa shape index (κ3) is 2.50. The summed E-state index contributed by atoms with van der Waals surface area (Å²) in [5, 5.41) is 13.1. The zero-order valence-electron chi connectivity index (χ0n) is 13.0. The fourth-order valence-electron chi connectivity index (χ4n) is 3.88. The second-order valence-electron chi connectivity index (χ2n) is 6.44. The van der Waals surface area contributed by atoms with Crippen molar-refractivity contribution < 1.29 is 4.79 Å². The van der Waals surface area contributed by atoms with Crippen molar-refractivity contribution in [3.05, 3.63) is 28.9 Å². The number of thiophene rings is 1. The quantitative estimate of drug-likeness (QED) is 0.920. The molecular weight excluding hydrogens is 308 g/mol. The molecule has 3 aliphatic heterocycles. The number of fused-ring (bicyclic) bond motifs is 4. The van der Waals surface area contributed by atoms with E-state index in [4.69, 9.17) is 5.26 Å². The molecule has 2 atom stereocenters. The summed E-state index contributed by atoms with van der Waals surface area (Å²) in [6, 6.07) is 6.34. The highest BCUT2D eigenvalue weighted by Crippen LogP contribution is 2.32. The Hall–Kier alpha value is -1.97. The van der Waals surface area contributed by atoms with E-state index in [0.717, 1.165) is 36.0 Å². The smallest absolute Gasteiger partial charge is 0.270 e. The summed E-state index contributed by atoms with van der Waals surface area (Å²) >= 11 is 1.40. The lowest BCUT2D eigenvalue weighted by atomic mass is 9.79. The molecule has 3 fully saturated rings. The average Bonchev–Trinajstić information content (AvgIpc) is 3.00. The topological polar surface area (TPSA) is 69.0 Å². The van der Waals surface area contributed by atoms with Gasteiger partial charge < -0.3 is 5.32 Å². The lowest BCUT2D eigenvalue weighted by Gasteiger charge is -2.49. The number of hydrogen-bond donors (Lipinski definition) is 1. The second-order valence-corrected chi connectivity index (χ2v) is 7.53. The number of nitrogens with one attached hydrogen (secondary N) is 1. The summed E-state index contributed by atoms with van der Waals surface area (Å²) in [5.41, 5.74) is 0.437. The molecule has 0 aromatic carbocycles. The molecule has 0 saturated carbocycles. The Bertz CT molecular complexity index is 799. The van der Waals surface area contributed by atoms with Crippen LogP contribution in [0.4, 0.5) is 0 Å². The van der Waals surface area contributed by atoms with E-state index in [2.05, 4.69) is 28.2 Å². The average molecular weight is 326 g/mol. The molecular formula is C17H18N4OS. The molecule has 0 spiro atoms.